The molecule has 0 bridgehead atoms. The molecule has 0 fully saturated rings. The molecule has 1 amide bonds. The summed E-state index contributed by atoms with van der Waals surface area (Å²) < 4.78 is 5.45. The number of aromatic carboxylic acids is 1. The number of nitrogens with one attached hydrogen (secondary N) is 1. The number of anilines is 1. The maximum Gasteiger partial charge on any atom is 0.262 e. The van der Waals surface area contributed by atoms with Crippen LogP contribution in [0.4, 0.5) is 5.69 Å². The van der Waals surface area contributed by atoms with Gasteiger partial charge in [-0.1, -0.05) is 36.4 Å². The fraction of sp³-hybridized carbons (Fsp3) is 0.0870. The maximum absolute atomic E-state index is 12.5. The minimum atomic E-state index is -1.30. The van der Waals surface area contributed by atoms with Crippen molar-refractivity contribution in [3.8, 4) is 5.75 Å². The average Bonchev–Trinajstić information content (AvgIpc) is 2.72. The SMILES string of the molecule is Cc1cccc(OCC(=O)Nc2ccc(C(=O)c3ccc(C(=O)[O-])cc3)cc2)c1. The molecule has 3 aromatic carbocycles. The lowest BCUT2D eigenvalue weighted by Crippen LogP contribution is -2.22. The molecule has 0 heterocycles. The van der Waals surface area contributed by atoms with Crippen LogP contribution in [0, 0.1) is 6.92 Å². The first-order valence-corrected chi connectivity index (χ1v) is 8.88. The van der Waals surface area contributed by atoms with Crippen molar-refractivity contribution < 1.29 is 24.2 Å². The molecule has 6 nitrogen and oxygen atoms in total. The zero-order chi connectivity index (χ0) is 20.8. The van der Waals surface area contributed by atoms with Gasteiger partial charge in [0.05, 0.1) is 5.97 Å². The number of benzene rings is 3. The average molecular weight is 388 g/mol. The Morgan fingerprint density at radius 2 is 1.45 bits per heavy atom. The zero-order valence-electron chi connectivity index (χ0n) is 15.7. The normalized spacial score (nSPS) is 10.2. The van der Waals surface area contributed by atoms with Gasteiger partial charge in [-0.25, -0.2) is 0 Å². The van der Waals surface area contributed by atoms with E-state index in [1.165, 1.54) is 24.3 Å². The predicted octanol–water partition coefficient (Wildman–Crippen LogP) is 2.61. The molecule has 0 aliphatic heterocycles. The largest absolute Gasteiger partial charge is 0.545 e. The Bertz CT molecular complexity index is 1040. The van der Waals surface area contributed by atoms with E-state index < -0.39 is 5.97 Å². The number of carboxylic acids is 1. The van der Waals surface area contributed by atoms with E-state index >= 15 is 0 Å². The zero-order valence-corrected chi connectivity index (χ0v) is 15.7. The second-order valence-electron chi connectivity index (χ2n) is 6.42. The van der Waals surface area contributed by atoms with Crippen molar-refractivity contribution in [3.63, 3.8) is 0 Å². The molecule has 0 aliphatic carbocycles. The smallest absolute Gasteiger partial charge is 0.262 e. The number of carbonyl (C=O) groups excluding carboxylic acids is 3. The number of amides is 1. The number of ketones is 1. The summed E-state index contributed by atoms with van der Waals surface area (Å²) in [5.74, 6) is -1.25. The molecule has 0 saturated heterocycles. The van der Waals surface area contributed by atoms with E-state index in [0.29, 0.717) is 22.6 Å². The van der Waals surface area contributed by atoms with Gasteiger partial charge in [-0.3, -0.25) is 9.59 Å². The van der Waals surface area contributed by atoms with Crippen LogP contribution in [0.3, 0.4) is 0 Å². The van der Waals surface area contributed by atoms with Crippen molar-refractivity contribution in [2.75, 3.05) is 11.9 Å². The Morgan fingerprint density at radius 1 is 0.862 bits per heavy atom. The third-order valence-electron chi connectivity index (χ3n) is 4.17. The number of aryl methyl sites for hydroxylation is 1. The van der Waals surface area contributed by atoms with Crippen molar-refractivity contribution in [2.45, 2.75) is 6.92 Å². The highest BCUT2D eigenvalue weighted by Crippen LogP contribution is 2.15. The molecule has 0 aliphatic rings. The number of rotatable bonds is 7. The second kappa shape index (κ2) is 8.84. The molecule has 0 aromatic heterocycles. The Hall–Kier alpha value is -3.93. The van der Waals surface area contributed by atoms with Crippen molar-refractivity contribution in [1.29, 1.82) is 0 Å². The molecule has 6 heteroatoms. The van der Waals surface area contributed by atoms with Gasteiger partial charge in [-0.15, -0.1) is 0 Å². The maximum atomic E-state index is 12.5. The number of carboxylic acid groups (broad SMARTS) is 1. The molecule has 1 N–H and O–H groups in total. The van der Waals surface area contributed by atoms with Crippen LogP contribution in [0.2, 0.25) is 0 Å². The first-order chi connectivity index (χ1) is 13.9. The van der Waals surface area contributed by atoms with E-state index in [4.69, 9.17) is 4.74 Å². The highest BCUT2D eigenvalue weighted by Gasteiger charge is 2.10. The number of carbonyl (C=O) groups is 3. The summed E-state index contributed by atoms with van der Waals surface area (Å²) in [6.45, 7) is 1.81. The molecule has 29 heavy (non-hydrogen) atoms. The summed E-state index contributed by atoms with van der Waals surface area (Å²) in [5.41, 5.74) is 2.36. The van der Waals surface area contributed by atoms with Crippen molar-refractivity contribution in [3.05, 3.63) is 95.1 Å². The standard InChI is InChI=1S/C23H19NO5/c1-15-3-2-4-20(13-15)29-14-21(25)24-19-11-9-17(10-12-19)22(26)16-5-7-18(8-6-16)23(27)28/h2-13H,14H2,1H3,(H,24,25)(H,27,28)/p-1. The monoisotopic (exact) mass is 388 g/mol. The van der Waals surface area contributed by atoms with E-state index in [1.54, 1.807) is 30.3 Å². The lowest BCUT2D eigenvalue weighted by atomic mass is 10.0. The van der Waals surface area contributed by atoms with Crippen LogP contribution >= 0.6 is 0 Å². The lowest BCUT2D eigenvalue weighted by molar-refractivity contribution is -0.255. The Balaban J connectivity index is 1.58. The molecular weight excluding hydrogens is 370 g/mol. The summed E-state index contributed by atoms with van der Waals surface area (Å²) in [4.78, 5) is 35.3. The van der Waals surface area contributed by atoms with Crippen LogP contribution in [-0.4, -0.2) is 24.3 Å². The Labute approximate surface area is 167 Å². The number of hydrogen-bond donors (Lipinski definition) is 1. The molecule has 3 aromatic rings. The molecular formula is C23H18NO5-. The molecule has 146 valence electrons. The highest BCUT2D eigenvalue weighted by atomic mass is 16.5. The van der Waals surface area contributed by atoms with Crippen LogP contribution in [0.25, 0.3) is 0 Å². The second-order valence-corrected chi connectivity index (χ2v) is 6.42. The minimum Gasteiger partial charge on any atom is -0.545 e. The quantitative estimate of drug-likeness (QED) is 0.628. The predicted molar refractivity (Wildman–Crippen MR) is 106 cm³/mol. The summed E-state index contributed by atoms with van der Waals surface area (Å²) in [7, 11) is 0. The molecule has 0 unspecified atom stereocenters. The molecule has 0 atom stereocenters. The minimum absolute atomic E-state index is 0.00694. The molecule has 0 spiro atoms. The van der Waals surface area contributed by atoms with Crippen molar-refractivity contribution in [2.24, 2.45) is 0 Å². The van der Waals surface area contributed by atoms with Gasteiger partial charge in [0.2, 0.25) is 0 Å². The van der Waals surface area contributed by atoms with E-state index in [0.717, 1.165) is 5.56 Å². The summed E-state index contributed by atoms with van der Waals surface area (Å²) in [6.07, 6.45) is 0. The van der Waals surface area contributed by atoms with E-state index in [2.05, 4.69) is 5.32 Å². The van der Waals surface area contributed by atoms with Crippen LogP contribution in [0.1, 0.15) is 31.8 Å². The van der Waals surface area contributed by atoms with Crippen molar-refractivity contribution >= 4 is 23.3 Å². The van der Waals surface area contributed by atoms with Gasteiger partial charge in [0, 0.05) is 16.8 Å². The van der Waals surface area contributed by atoms with Gasteiger partial charge >= 0.3 is 0 Å². The van der Waals surface area contributed by atoms with Gasteiger partial charge in [-0.2, -0.15) is 0 Å². The van der Waals surface area contributed by atoms with E-state index in [9.17, 15) is 19.5 Å². The van der Waals surface area contributed by atoms with Crippen LogP contribution in [0.5, 0.6) is 5.75 Å². The third-order valence-corrected chi connectivity index (χ3v) is 4.17. The van der Waals surface area contributed by atoms with Crippen molar-refractivity contribution in [1.82, 2.24) is 0 Å². The Morgan fingerprint density at radius 3 is 2.03 bits per heavy atom. The third kappa shape index (κ3) is 5.29. The fourth-order valence-corrected chi connectivity index (χ4v) is 2.68. The van der Waals surface area contributed by atoms with Gasteiger partial charge in [0.15, 0.2) is 12.4 Å². The number of ether oxygens (including phenoxy) is 1. The summed E-state index contributed by atoms with van der Waals surface area (Å²) >= 11 is 0. The topological polar surface area (TPSA) is 95.5 Å². The highest BCUT2D eigenvalue weighted by molar-refractivity contribution is 6.09. The molecule has 3 rings (SSSR count). The van der Waals surface area contributed by atoms with Crippen LogP contribution in [0.15, 0.2) is 72.8 Å². The van der Waals surface area contributed by atoms with Crippen LogP contribution < -0.4 is 15.2 Å². The summed E-state index contributed by atoms with van der Waals surface area (Å²) in [5, 5.41) is 13.5. The van der Waals surface area contributed by atoms with E-state index in [-0.39, 0.29) is 23.9 Å². The summed E-state index contributed by atoms with van der Waals surface area (Å²) in [6, 6.07) is 19.3. The van der Waals surface area contributed by atoms with Gasteiger partial charge < -0.3 is 20.0 Å². The van der Waals surface area contributed by atoms with Gasteiger partial charge in [-0.05, 0) is 54.4 Å². The van der Waals surface area contributed by atoms with Gasteiger partial charge in [0.25, 0.3) is 5.91 Å². The first kappa shape index (κ1) is 19.8. The van der Waals surface area contributed by atoms with Crippen LogP contribution in [-0.2, 0) is 4.79 Å². The number of hydrogen-bond acceptors (Lipinski definition) is 5. The molecule has 0 radical (unpaired) electrons. The molecule has 0 saturated carbocycles. The Kier molecular flexibility index (Phi) is 6.04. The first-order valence-electron chi connectivity index (χ1n) is 8.88. The van der Waals surface area contributed by atoms with Gasteiger partial charge in [0.1, 0.15) is 5.75 Å². The van der Waals surface area contributed by atoms with E-state index in [1.807, 2.05) is 25.1 Å². The lowest BCUT2D eigenvalue weighted by Gasteiger charge is -2.09. The fourth-order valence-electron chi connectivity index (χ4n) is 2.68.